The molecular weight excluding hydrogens is 424 g/mol. The summed E-state index contributed by atoms with van der Waals surface area (Å²) in [5.41, 5.74) is 1.93. The number of nitrogens with one attached hydrogen (secondary N) is 1. The van der Waals surface area contributed by atoms with E-state index in [1.165, 1.54) is 28.6 Å². The average molecular weight is 443 g/mol. The Hall–Kier alpha value is -3.03. The van der Waals surface area contributed by atoms with E-state index in [4.69, 9.17) is 16.3 Å². The van der Waals surface area contributed by atoms with Crippen LogP contribution in [0.4, 0.5) is 11.4 Å². The van der Waals surface area contributed by atoms with E-state index in [1.54, 1.807) is 30.3 Å². The lowest BCUT2D eigenvalue weighted by Gasteiger charge is -2.34. The summed E-state index contributed by atoms with van der Waals surface area (Å²) in [6.07, 6.45) is -1.01. The van der Waals surface area contributed by atoms with Crippen molar-refractivity contribution in [2.45, 2.75) is 17.9 Å². The van der Waals surface area contributed by atoms with Crippen LogP contribution >= 0.6 is 11.6 Å². The number of aryl methyl sites for hydroxylation is 1. The van der Waals surface area contributed by atoms with Gasteiger partial charge in [-0.3, -0.25) is 9.10 Å². The van der Waals surface area contributed by atoms with Gasteiger partial charge >= 0.3 is 0 Å². The third-order valence-electron chi connectivity index (χ3n) is 4.83. The number of anilines is 2. The predicted molar refractivity (Wildman–Crippen MR) is 117 cm³/mol. The number of rotatable bonds is 4. The minimum atomic E-state index is -3.92. The van der Waals surface area contributed by atoms with Crippen LogP contribution in [0.25, 0.3) is 0 Å². The summed E-state index contributed by atoms with van der Waals surface area (Å²) in [4.78, 5) is 13.0. The Balaban J connectivity index is 1.68. The van der Waals surface area contributed by atoms with Gasteiger partial charge in [-0.1, -0.05) is 41.9 Å². The lowest BCUT2D eigenvalue weighted by molar-refractivity contribution is -0.122. The Morgan fingerprint density at radius 2 is 1.70 bits per heavy atom. The van der Waals surface area contributed by atoms with Crippen LogP contribution in [0.15, 0.2) is 77.7 Å². The smallest absolute Gasteiger partial charge is 0.267 e. The van der Waals surface area contributed by atoms with Crippen molar-refractivity contribution in [2.75, 3.05) is 16.2 Å². The number of hydrogen-bond acceptors (Lipinski definition) is 4. The number of amides is 1. The molecule has 0 fully saturated rings. The molecule has 3 aromatic rings. The Morgan fingerprint density at radius 3 is 2.43 bits per heavy atom. The molecule has 0 radical (unpaired) electrons. The highest BCUT2D eigenvalue weighted by atomic mass is 35.5. The number of para-hydroxylation sites is 3. The molecule has 1 heterocycles. The van der Waals surface area contributed by atoms with Gasteiger partial charge in [0.15, 0.2) is 6.10 Å². The lowest BCUT2D eigenvalue weighted by atomic mass is 10.2. The Bertz CT molecular complexity index is 1200. The highest BCUT2D eigenvalue weighted by molar-refractivity contribution is 7.92. The maximum atomic E-state index is 13.3. The molecule has 0 bridgehead atoms. The number of benzene rings is 3. The van der Waals surface area contributed by atoms with Crippen LogP contribution in [-0.2, 0) is 14.8 Å². The van der Waals surface area contributed by atoms with Gasteiger partial charge in [0.2, 0.25) is 0 Å². The van der Waals surface area contributed by atoms with Crippen molar-refractivity contribution >= 4 is 38.9 Å². The van der Waals surface area contributed by atoms with Crippen molar-refractivity contribution in [2.24, 2.45) is 0 Å². The minimum absolute atomic E-state index is 0.0849. The molecule has 1 amide bonds. The van der Waals surface area contributed by atoms with E-state index >= 15 is 0 Å². The van der Waals surface area contributed by atoms with Gasteiger partial charge in [-0.05, 0) is 55.0 Å². The van der Waals surface area contributed by atoms with Crippen LogP contribution in [0.2, 0.25) is 5.02 Å². The number of hydrogen-bond donors (Lipinski definition) is 1. The fraction of sp³-hybridized carbons (Fsp3) is 0.136. The summed E-state index contributed by atoms with van der Waals surface area (Å²) in [6, 6.07) is 20.0. The minimum Gasteiger partial charge on any atom is -0.476 e. The molecule has 0 unspecified atom stereocenters. The first-order valence-corrected chi connectivity index (χ1v) is 11.1. The molecule has 8 heteroatoms. The fourth-order valence-electron chi connectivity index (χ4n) is 3.23. The first kappa shape index (κ1) is 20.3. The molecule has 30 heavy (non-hydrogen) atoms. The molecule has 0 aliphatic carbocycles. The summed E-state index contributed by atoms with van der Waals surface area (Å²) in [6.45, 7) is 1.73. The Labute approximate surface area is 180 Å². The van der Waals surface area contributed by atoms with E-state index in [-0.39, 0.29) is 11.4 Å². The zero-order chi connectivity index (χ0) is 21.3. The Kier molecular flexibility index (Phi) is 5.40. The molecule has 6 nitrogen and oxygen atoms in total. The van der Waals surface area contributed by atoms with E-state index in [1.807, 2.05) is 25.1 Å². The molecule has 3 aromatic carbocycles. The van der Waals surface area contributed by atoms with Gasteiger partial charge in [0.25, 0.3) is 15.9 Å². The molecule has 0 saturated carbocycles. The highest BCUT2D eigenvalue weighted by Gasteiger charge is 2.37. The van der Waals surface area contributed by atoms with Gasteiger partial charge in [0.05, 0.1) is 17.1 Å². The van der Waals surface area contributed by atoms with E-state index in [9.17, 15) is 13.2 Å². The van der Waals surface area contributed by atoms with E-state index in [0.29, 0.717) is 22.1 Å². The lowest BCUT2D eigenvalue weighted by Crippen LogP contribution is -2.48. The molecule has 1 aliphatic rings. The molecular formula is C22H19ClN2O4S. The van der Waals surface area contributed by atoms with Crippen LogP contribution in [0.5, 0.6) is 5.75 Å². The Morgan fingerprint density at radius 1 is 1.03 bits per heavy atom. The third-order valence-corrected chi connectivity index (χ3v) is 6.88. The van der Waals surface area contributed by atoms with Crippen LogP contribution < -0.4 is 14.4 Å². The van der Waals surface area contributed by atoms with Gasteiger partial charge in [-0.2, -0.15) is 0 Å². The topological polar surface area (TPSA) is 75.7 Å². The van der Waals surface area contributed by atoms with Gasteiger partial charge in [0, 0.05) is 10.7 Å². The summed E-state index contributed by atoms with van der Waals surface area (Å²) in [7, 11) is -3.92. The summed E-state index contributed by atoms with van der Waals surface area (Å²) >= 11 is 5.90. The maximum Gasteiger partial charge on any atom is 0.267 e. The van der Waals surface area contributed by atoms with Crippen LogP contribution in [0.3, 0.4) is 0 Å². The predicted octanol–water partition coefficient (Wildman–Crippen LogP) is 4.24. The average Bonchev–Trinajstić information content (AvgIpc) is 2.74. The summed E-state index contributed by atoms with van der Waals surface area (Å²) in [5.74, 6) is -0.0960. The van der Waals surface area contributed by atoms with E-state index in [0.717, 1.165) is 5.56 Å². The molecule has 1 aliphatic heterocycles. The molecule has 4 rings (SSSR count). The second-order valence-corrected chi connectivity index (χ2v) is 9.17. The first-order chi connectivity index (χ1) is 14.4. The number of carbonyl (C=O) groups is 1. The molecule has 0 saturated heterocycles. The van der Waals surface area contributed by atoms with Gasteiger partial charge in [0.1, 0.15) is 5.75 Å². The van der Waals surface area contributed by atoms with Gasteiger partial charge in [-0.15, -0.1) is 0 Å². The maximum absolute atomic E-state index is 13.3. The number of ether oxygens (including phenoxy) is 1. The second kappa shape index (κ2) is 8.01. The van der Waals surface area contributed by atoms with Crippen molar-refractivity contribution in [1.82, 2.24) is 0 Å². The zero-order valence-electron chi connectivity index (χ0n) is 16.1. The molecule has 1 N–H and O–H groups in total. The molecule has 0 spiro atoms. The number of nitrogens with zero attached hydrogens (tertiary/aromatic N) is 1. The number of fused-ring (bicyclic) bond motifs is 1. The zero-order valence-corrected chi connectivity index (χ0v) is 17.7. The van der Waals surface area contributed by atoms with Crippen molar-refractivity contribution in [3.05, 3.63) is 83.4 Å². The quantitative estimate of drug-likeness (QED) is 0.655. The normalized spacial score (nSPS) is 15.8. The SMILES string of the molecule is Cc1ccccc1NC(=O)[C@@H]1CN(S(=O)(=O)c2ccc(Cl)cc2)c2ccccc2O1. The largest absolute Gasteiger partial charge is 0.476 e. The fourth-order valence-corrected chi connectivity index (χ4v) is 4.83. The van der Waals surface area contributed by atoms with Crippen LogP contribution in [-0.4, -0.2) is 27.0 Å². The number of sulfonamides is 1. The standard InChI is InChI=1S/C22H19ClN2O4S/c1-15-6-2-3-7-18(15)24-22(26)21-14-25(19-8-4-5-9-20(19)29-21)30(27,28)17-12-10-16(23)11-13-17/h2-13,21H,14H2,1H3,(H,24,26)/t21-/m0/s1. The first-order valence-electron chi connectivity index (χ1n) is 9.27. The van der Waals surface area contributed by atoms with Crippen LogP contribution in [0, 0.1) is 6.92 Å². The molecule has 154 valence electrons. The van der Waals surface area contributed by atoms with Crippen molar-refractivity contribution in [3.8, 4) is 5.75 Å². The van der Waals surface area contributed by atoms with Crippen molar-refractivity contribution in [1.29, 1.82) is 0 Å². The van der Waals surface area contributed by atoms with Gasteiger partial charge < -0.3 is 10.1 Å². The summed E-state index contributed by atoms with van der Waals surface area (Å²) < 4.78 is 33.7. The van der Waals surface area contributed by atoms with Crippen molar-refractivity contribution in [3.63, 3.8) is 0 Å². The van der Waals surface area contributed by atoms with Gasteiger partial charge in [-0.25, -0.2) is 8.42 Å². The highest BCUT2D eigenvalue weighted by Crippen LogP contribution is 2.37. The second-order valence-electron chi connectivity index (χ2n) is 6.87. The number of carbonyl (C=O) groups excluding carboxylic acids is 1. The van der Waals surface area contributed by atoms with E-state index in [2.05, 4.69) is 5.32 Å². The summed E-state index contributed by atoms with van der Waals surface area (Å²) in [5, 5.41) is 3.26. The van der Waals surface area contributed by atoms with E-state index < -0.39 is 22.0 Å². The molecule has 0 aromatic heterocycles. The number of halogens is 1. The monoisotopic (exact) mass is 442 g/mol. The molecule has 1 atom stereocenters. The third kappa shape index (κ3) is 3.86. The van der Waals surface area contributed by atoms with Crippen molar-refractivity contribution < 1.29 is 17.9 Å². The van der Waals surface area contributed by atoms with Crippen LogP contribution in [0.1, 0.15) is 5.56 Å².